The second kappa shape index (κ2) is 6.92. The van der Waals surface area contributed by atoms with Gasteiger partial charge in [-0.25, -0.2) is 0 Å². The van der Waals surface area contributed by atoms with Gasteiger partial charge in [-0.2, -0.15) is 0 Å². The molecule has 0 aromatic heterocycles. The molecule has 0 aliphatic rings. The summed E-state index contributed by atoms with van der Waals surface area (Å²) in [5.41, 5.74) is 4.26. The predicted molar refractivity (Wildman–Crippen MR) is 95.6 cm³/mol. The number of halogens is 7. The summed E-state index contributed by atoms with van der Waals surface area (Å²) in [6.45, 7) is 6.67. The van der Waals surface area contributed by atoms with Gasteiger partial charge in [0, 0.05) is 11.1 Å². The van der Waals surface area contributed by atoms with E-state index in [1.165, 1.54) is 31.0 Å². The Morgan fingerprint density at radius 1 is 0.667 bits per heavy atom. The molecule has 0 N–H and O–H groups in total. The molecular formula is C19H18F6IP. The van der Waals surface area contributed by atoms with Gasteiger partial charge in [-0.1, -0.05) is 42.0 Å². The molecule has 0 atom stereocenters. The van der Waals surface area contributed by atoms with Crippen LogP contribution in [0.3, 0.4) is 0 Å². The summed E-state index contributed by atoms with van der Waals surface area (Å²) in [7, 11) is -10.7. The third-order valence-electron chi connectivity index (χ3n) is 3.50. The van der Waals surface area contributed by atoms with Crippen molar-refractivity contribution in [1.82, 2.24) is 0 Å². The molecule has 0 bridgehead atoms. The monoisotopic (exact) mass is 518 g/mol. The van der Waals surface area contributed by atoms with E-state index >= 15 is 0 Å². The van der Waals surface area contributed by atoms with Crippen molar-refractivity contribution in [3.8, 4) is 0 Å². The molecule has 0 radical (unpaired) electrons. The van der Waals surface area contributed by atoms with E-state index in [0.717, 1.165) is 0 Å². The second-order valence-electron chi connectivity index (χ2n) is 6.26. The molecular weight excluding hydrogens is 500 g/mol. The maximum absolute atomic E-state index is 10.7. The van der Waals surface area contributed by atoms with Crippen molar-refractivity contribution in [3.63, 3.8) is 0 Å². The number of fused-ring (bicyclic) bond motifs is 1. The van der Waals surface area contributed by atoms with Crippen molar-refractivity contribution < 1.29 is 46.4 Å². The molecule has 0 unspecified atom stereocenters. The Morgan fingerprint density at radius 2 is 1.15 bits per heavy atom. The Morgan fingerprint density at radius 3 is 1.67 bits per heavy atom. The first-order valence-electron chi connectivity index (χ1n) is 7.86. The summed E-state index contributed by atoms with van der Waals surface area (Å²) in [5.74, 6) is 0. The van der Waals surface area contributed by atoms with Crippen LogP contribution in [0, 0.1) is 27.9 Å². The molecule has 27 heavy (non-hydrogen) atoms. The van der Waals surface area contributed by atoms with Crippen LogP contribution < -0.4 is 21.2 Å². The minimum absolute atomic E-state index is 0.102. The van der Waals surface area contributed by atoms with E-state index in [4.69, 9.17) is 0 Å². The van der Waals surface area contributed by atoms with Crippen LogP contribution in [-0.2, 0) is 0 Å². The van der Waals surface area contributed by atoms with Crippen molar-refractivity contribution in [2.45, 2.75) is 20.8 Å². The van der Waals surface area contributed by atoms with Crippen LogP contribution in [0.2, 0.25) is 0 Å². The number of aryl methyl sites for hydroxylation is 3. The van der Waals surface area contributed by atoms with Crippen molar-refractivity contribution in [2.75, 3.05) is 0 Å². The van der Waals surface area contributed by atoms with Gasteiger partial charge >= 0.3 is 54.2 Å². The summed E-state index contributed by atoms with van der Waals surface area (Å²) in [4.78, 5) is 0. The average Bonchev–Trinajstić information content (AvgIpc) is 2.47. The van der Waals surface area contributed by atoms with Gasteiger partial charge in [0.05, 0.1) is 0 Å². The van der Waals surface area contributed by atoms with Gasteiger partial charge in [-0.05, 0) is 49.7 Å². The third-order valence-corrected chi connectivity index (χ3v) is 7.03. The van der Waals surface area contributed by atoms with Gasteiger partial charge in [0.1, 0.15) is 0 Å². The first-order chi connectivity index (χ1) is 12.1. The van der Waals surface area contributed by atoms with E-state index in [-0.39, 0.29) is 21.2 Å². The zero-order valence-electron chi connectivity index (χ0n) is 14.8. The van der Waals surface area contributed by atoms with E-state index in [1.807, 2.05) is 0 Å². The van der Waals surface area contributed by atoms with Crippen LogP contribution in [0.25, 0.3) is 10.8 Å². The summed E-state index contributed by atoms with van der Waals surface area (Å²) < 4.78 is 62.3. The molecule has 0 amide bonds. The van der Waals surface area contributed by atoms with Crippen LogP contribution in [0.1, 0.15) is 16.7 Å². The van der Waals surface area contributed by atoms with E-state index in [1.54, 1.807) is 3.57 Å². The molecule has 3 aromatic rings. The SMILES string of the molecule is Cc1cc(C)c([I+]c2ccc3ccccc3c2)c(C)c1.F[P-](F)(F)(F)(F)F. The van der Waals surface area contributed by atoms with Gasteiger partial charge in [0.15, 0.2) is 7.14 Å². The molecule has 0 nitrogen and oxygen atoms in total. The molecule has 0 aliphatic carbocycles. The van der Waals surface area contributed by atoms with Crippen molar-refractivity contribution >= 4 is 18.6 Å². The predicted octanol–water partition coefficient (Wildman–Crippen LogP) is 5.28. The molecule has 0 saturated heterocycles. The summed E-state index contributed by atoms with van der Waals surface area (Å²) >= 11 is -0.102. The Hall–Kier alpha value is -1.34. The van der Waals surface area contributed by atoms with Crippen LogP contribution >= 0.6 is 7.81 Å². The molecule has 0 aliphatic heterocycles. The second-order valence-corrected chi connectivity index (χ2v) is 11.0. The Labute approximate surface area is 164 Å². The normalized spacial score (nSPS) is 14.1. The van der Waals surface area contributed by atoms with E-state index in [9.17, 15) is 25.2 Å². The number of benzene rings is 3. The first kappa shape index (κ1) is 22.0. The van der Waals surface area contributed by atoms with Crippen molar-refractivity contribution in [1.29, 1.82) is 0 Å². The Bertz CT molecular complexity index is 946. The molecule has 0 fully saturated rings. The Balaban J connectivity index is 0.000000321. The van der Waals surface area contributed by atoms with E-state index in [0.29, 0.717) is 0 Å². The van der Waals surface area contributed by atoms with Gasteiger partial charge in [-0.3, -0.25) is 0 Å². The molecule has 0 saturated carbocycles. The van der Waals surface area contributed by atoms with Crippen LogP contribution in [-0.4, -0.2) is 0 Å². The fraction of sp³-hybridized carbons (Fsp3) is 0.158. The molecule has 3 rings (SSSR count). The summed E-state index contributed by atoms with van der Waals surface area (Å²) in [6.07, 6.45) is 0. The molecule has 0 heterocycles. The van der Waals surface area contributed by atoms with Gasteiger partial charge in [-0.15, -0.1) is 0 Å². The zero-order valence-corrected chi connectivity index (χ0v) is 17.8. The van der Waals surface area contributed by atoms with Gasteiger partial charge < -0.3 is 0 Å². The standard InChI is InChI=1S/C19H18I.F6P/c1-13-10-14(2)19(15(3)11-13)20-18-9-8-16-6-4-5-7-17(16)12-18;1-7(2,3,4,5)6/h4-12H,1-3H3;/q+1;-1. The molecule has 8 heteroatoms. The van der Waals surface area contributed by atoms with Crippen molar-refractivity contribution in [3.05, 3.63) is 78.4 Å². The Kier molecular flexibility index (Phi) is 5.63. The fourth-order valence-electron chi connectivity index (χ4n) is 2.64. The summed E-state index contributed by atoms with van der Waals surface area (Å²) in [6, 6.07) is 20.1. The fourth-order valence-corrected chi connectivity index (χ4v) is 5.28. The molecule has 148 valence electrons. The van der Waals surface area contributed by atoms with Crippen LogP contribution in [0.5, 0.6) is 0 Å². The molecule has 0 spiro atoms. The minimum atomic E-state index is -10.7. The van der Waals surface area contributed by atoms with E-state index < -0.39 is 7.81 Å². The van der Waals surface area contributed by atoms with Crippen molar-refractivity contribution in [2.24, 2.45) is 0 Å². The topological polar surface area (TPSA) is 0 Å². The number of hydrogen-bond acceptors (Lipinski definition) is 0. The number of hydrogen-bond donors (Lipinski definition) is 0. The average molecular weight is 518 g/mol. The number of rotatable bonds is 2. The first-order valence-corrected chi connectivity index (χ1v) is 12.0. The van der Waals surface area contributed by atoms with Gasteiger partial charge in [0.25, 0.3) is 0 Å². The van der Waals surface area contributed by atoms with E-state index in [2.05, 4.69) is 75.4 Å². The van der Waals surface area contributed by atoms with Crippen LogP contribution in [0.4, 0.5) is 25.2 Å². The molecule has 3 aromatic carbocycles. The zero-order chi connectivity index (χ0) is 20.5. The van der Waals surface area contributed by atoms with Gasteiger partial charge in [0.2, 0.25) is 0 Å². The quantitative estimate of drug-likeness (QED) is 0.246. The third kappa shape index (κ3) is 8.47. The van der Waals surface area contributed by atoms with Crippen LogP contribution in [0.15, 0.2) is 54.6 Å². The maximum atomic E-state index is 9.87. The summed E-state index contributed by atoms with van der Waals surface area (Å²) in [5, 5.41) is 2.68.